The minimum absolute atomic E-state index is 0.364. The summed E-state index contributed by atoms with van der Waals surface area (Å²) in [6.45, 7) is 4.33. The zero-order valence-electron chi connectivity index (χ0n) is 11.8. The van der Waals surface area contributed by atoms with Crippen LogP contribution in [0.3, 0.4) is 0 Å². The second-order valence-electron chi connectivity index (χ2n) is 5.28. The molecule has 1 aromatic heterocycles. The Hall–Kier alpha value is -2.28. The van der Waals surface area contributed by atoms with Gasteiger partial charge in [0, 0.05) is 17.0 Å². The van der Waals surface area contributed by atoms with Gasteiger partial charge in [0.25, 0.3) is 0 Å². The molecule has 0 radical (unpaired) electrons. The largest absolute Gasteiger partial charge is 0.460 e. The molecule has 0 spiro atoms. The molecule has 20 heavy (non-hydrogen) atoms. The summed E-state index contributed by atoms with van der Waals surface area (Å²) in [7, 11) is 0. The van der Waals surface area contributed by atoms with Crippen molar-refractivity contribution in [1.82, 2.24) is 0 Å². The van der Waals surface area contributed by atoms with E-state index in [0.717, 1.165) is 17.1 Å². The van der Waals surface area contributed by atoms with Crippen molar-refractivity contribution in [3.63, 3.8) is 0 Å². The number of furan rings is 1. The summed E-state index contributed by atoms with van der Waals surface area (Å²) >= 11 is 0. The van der Waals surface area contributed by atoms with Gasteiger partial charge in [-0.05, 0) is 11.6 Å². The van der Waals surface area contributed by atoms with Gasteiger partial charge in [0.05, 0.1) is 0 Å². The lowest BCUT2D eigenvalue weighted by atomic mass is 10.00. The molecule has 0 aliphatic carbocycles. The van der Waals surface area contributed by atoms with Gasteiger partial charge in [-0.3, -0.25) is 0 Å². The number of rotatable bonds is 3. The van der Waals surface area contributed by atoms with Crippen LogP contribution < -0.4 is 0 Å². The van der Waals surface area contributed by atoms with Crippen molar-refractivity contribution in [1.29, 1.82) is 0 Å². The van der Waals surface area contributed by atoms with Gasteiger partial charge in [0.2, 0.25) is 0 Å². The van der Waals surface area contributed by atoms with Gasteiger partial charge >= 0.3 is 0 Å². The van der Waals surface area contributed by atoms with Crippen LogP contribution in [0, 0.1) is 0 Å². The highest BCUT2D eigenvalue weighted by molar-refractivity contribution is 5.72. The average molecular weight is 262 g/mol. The van der Waals surface area contributed by atoms with E-state index in [9.17, 15) is 0 Å². The van der Waals surface area contributed by atoms with E-state index in [2.05, 4.69) is 56.3 Å². The minimum Gasteiger partial charge on any atom is -0.460 e. The van der Waals surface area contributed by atoms with E-state index in [0.29, 0.717) is 5.92 Å². The first-order valence-corrected chi connectivity index (χ1v) is 7.00. The van der Waals surface area contributed by atoms with E-state index in [-0.39, 0.29) is 0 Å². The molecule has 0 aliphatic rings. The van der Waals surface area contributed by atoms with Crippen LogP contribution in [-0.4, -0.2) is 0 Å². The molecule has 0 unspecified atom stereocenters. The molecule has 100 valence electrons. The molecule has 0 atom stereocenters. The van der Waals surface area contributed by atoms with Crippen molar-refractivity contribution in [3.8, 4) is 22.5 Å². The third kappa shape index (κ3) is 2.39. The Morgan fingerprint density at radius 3 is 1.85 bits per heavy atom. The van der Waals surface area contributed by atoms with E-state index in [4.69, 9.17) is 4.42 Å². The molecular formula is C19H18O. The van der Waals surface area contributed by atoms with Crippen molar-refractivity contribution in [3.05, 3.63) is 72.5 Å². The molecule has 0 aliphatic heterocycles. The van der Waals surface area contributed by atoms with Crippen LogP contribution in [0.2, 0.25) is 0 Å². The lowest BCUT2D eigenvalue weighted by Gasteiger charge is -2.05. The molecule has 3 aromatic rings. The Bertz CT molecular complexity index is 678. The fraction of sp³-hybridized carbons (Fsp3) is 0.158. The molecule has 0 N–H and O–H groups in total. The fourth-order valence-electron chi connectivity index (χ4n) is 2.42. The molecular weight excluding hydrogens is 244 g/mol. The number of hydrogen-bond acceptors (Lipinski definition) is 1. The van der Waals surface area contributed by atoms with Crippen LogP contribution in [0.25, 0.3) is 22.5 Å². The Morgan fingerprint density at radius 2 is 1.30 bits per heavy atom. The Kier molecular flexibility index (Phi) is 3.42. The molecule has 0 amide bonds. The lowest BCUT2D eigenvalue weighted by molar-refractivity contribution is 0.500. The molecule has 1 heteroatoms. The Balaban J connectivity index is 2.13. The van der Waals surface area contributed by atoms with Crippen LogP contribution in [0.15, 0.2) is 71.1 Å². The van der Waals surface area contributed by atoms with Gasteiger partial charge in [0.15, 0.2) is 0 Å². The second kappa shape index (κ2) is 5.38. The van der Waals surface area contributed by atoms with Gasteiger partial charge in [-0.15, -0.1) is 0 Å². The van der Waals surface area contributed by atoms with Gasteiger partial charge in [-0.25, -0.2) is 0 Å². The van der Waals surface area contributed by atoms with Crippen molar-refractivity contribution < 1.29 is 4.42 Å². The van der Waals surface area contributed by atoms with E-state index in [1.54, 1.807) is 0 Å². The van der Waals surface area contributed by atoms with Crippen LogP contribution >= 0.6 is 0 Å². The fourth-order valence-corrected chi connectivity index (χ4v) is 2.42. The smallest absolute Gasteiger partial charge is 0.134 e. The Morgan fingerprint density at radius 1 is 0.750 bits per heavy atom. The second-order valence-corrected chi connectivity index (χ2v) is 5.28. The van der Waals surface area contributed by atoms with E-state index < -0.39 is 0 Å². The summed E-state index contributed by atoms with van der Waals surface area (Å²) in [4.78, 5) is 0. The van der Waals surface area contributed by atoms with Gasteiger partial charge in [-0.1, -0.05) is 74.5 Å². The molecule has 3 rings (SSSR count). The summed E-state index contributed by atoms with van der Waals surface area (Å²) < 4.78 is 6.12. The van der Waals surface area contributed by atoms with E-state index >= 15 is 0 Å². The van der Waals surface area contributed by atoms with Crippen molar-refractivity contribution in [2.75, 3.05) is 0 Å². The first-order valence-electron chi connectivity index (χ1n) is 7.00. The molecule has 0 saturated heterocycles. The van der Waals surface area contributed by atoms with Gasteiger partial charge in [-0.2, -0.15) is 0 Å². The van der Waals surface area contributed by atoms with Crippen molar-refractivity contribution in [2.45, 2.75) is 19.8 Å². The quantitative estimate of drug-likeness (QED) is 0.587. The first kappa shape index (κ1) is 12.7. The summed E-state index contributed by atoms with van der Waals surface area (Å²) in [5.41, 5.74) is 3.53. The van der Waals surface area contributed by atoms with E-state index in [1.807, 2.05) is 24.3 Å². The minimum atomic E-state index is 0.364. The van der Waals surface area contributed by atoms with Gasteiger partial charge < -0.3 is 4.42 Å². The predicted molar refractivity (Wildman–Crippen MR) is 83.7 cm³/mol. The van der Waals surface area contributed by atoms with Crippen LogP contribution in [-0.2, 0) is 0 Å². The van der Waals surface area contributed by atoms with Crippen molar-refractivity contribution in [2.24, 2.45) is 0 Å². The zero-order valence-corrected chi connectivity index (χ0v) is 11.8. The molecule has 1 nitrogen and oxygen atoms in total. The molecule has 1 heterocycles. The standard InChI is InChI=1S/C19H18O/c1-14(2)19-17(15-9-5-3-6-10-15)13-18(20-19)16-11-7-4-8-12-16/h3-14H,1-2H3. The average Bonchev–Trinajstić information content (AvgIpc) is 2.94. The monoisotopic (exact) mass is 262 g/mol. The molecule has 0 fully saturated rings. The predicted octanol–water partition coefficient (Wildman–Crippen LogP) is 5.74. The Labute approximate surface area is 119 Å². The van der Waals surface area contributed by atoms with Gasteiger partial charge in [0.1, 0.15) is 11.5 Å². The maximum absolute atomic E-state index is 6.12. The zero-order chi connectivity index (χ0) is 13.9. The topological polar surface area (TPSA) is 13.1 Å². The third-order valence-electron chi connectivity index (χ3n) is 3.43. The van der Waals surface area contributed by atoms with Crippen LogP contribution in [0.4, 0.5) is 0 Å². The summed E-state index contributed by atoms with van der Waals surface area (Å²) in [6.07, 6.45) is 0. The maximum atomic E-state index is 6.12. The maximum Gasteiger partial charge on any atom is 0.134 e. The SMILES string of the molecule is CC(C)c1oc(-c2ccccc2)cc1-c1ccccc1. The molecule has 0 bridgehead atoms. The van der Waals surface area contributed by atoms with Crippen LogP contribution in [0.1, 0.15) is 25.5 Å². The lowest BCUT2D eigenvalue weighted by Crippen LogP contribution is -1.86. The third-order valence-corrected chi connectivity index (χ3v) is 3.43. The number of hydrogen-bond donors (Lipinski definition) is 0. The molecule has 2 aromatic carbocycles. The van der Waals surface area contributed by atoms with Crippen molar-refractivity contribution >= 4 is 0 Å². The highest BCUT2D eigenvalue weighted by atomic mass is 16.3. The first-order chi connectivity index (χ1) is 9.75. The number of benzene rings is 2. The van der Waals surface area contributed by atoms with Crippen LogP contribution in [0.5, 0.6) is 0 Å². The highest BCUT2D eigenvalue weighted by Gasteiger charge is 2.16. The summed E-state index contributed by atoms with van der Waals surface area (Å²) in [5, 5.41) is 0. The highest BCUT2D eigenvalue weighted by Crippen LogP contribution is 2.36. The normalized spacial score (nSPS) is 10.9. The molecule has 0 saturated carbocycles. The van der Waals surface area contributed by atoms with E-state index in [1.165, 1.54) is 11.1 Å². The summed E-state index contributed by atoms with van der Waals surface area (Å²) in [5.74, 6) is 2.35. The summed E-state index contributed by atoms with van der Waals surface area (Å²) in [6, 6.07) is 22.8.